The van der Waals surface area contributed by atoms with Crippen molar-refractivity contribution < 1.29 is 4.79 Å². The van der Waals surface area contributed by atoms with E-state index in [9.17, 15) is 4.79 Å². The maximum absolute atomic E-state index is 12.0. The fourth-order valence-corrected chi connectivity index (χ4v) is 2.59. The molecule has 0 bridgehead atoms. The molecule has 0 atom stereocenters. The van der Waals surface area contributed by atoms with E-state index in [2.05, 4.69) is 27.3 Å². The minimum absolute atomic E-state index is 0.0467. The molecule has 2 nitrogen and oxygen atoms in total. The number of amides is 1. The first kappa shape index (κ1) is 12.2. The second-order valence-electron chi connectivity index (χ2n) is 4.62. The summed E-state index contributed by atoms with van der Waals surface area (Å²) < 4.78 is 0.970. The first-order valence-corrected chi connectivity index (χ1v) is 6.82. The molecule has 0 saturated carbocycles. The number of nitrogens with one attached hydrogen (secondary N) is 1. The summed E-state index contributed by atoms with van der Waals surface area (Å²) in [6, 6.07) is 13.9. The molecule has 0 aromatic heterocycles. The van der Waals surface area contributed by atoms with E-state index in [1.165, 1.54) is 5.56 Å². The van der Waals surface area contributed by atoms with Gasteiger partial charge in [0.2, 0.25) is 0 Å². The number of aryl methyl sites for hydroxylation is 1. The third kappa shape index (κ3) is 2.34. The second kappa shape index (κ2) is 4.67. The molecular formula is C16H12BrNO. The van der Waals surface area contributed by atoms with E-state index in [-0.39, 0.29) is 5.91 Å². The summed E-state index contributed by atoms with van der Waals surface area (Å²) in [5, 5.41) is 2.88. The number of halogens is 1. The summed E-state index contributed by atoms with van der Waals surface area (Å²) in [4.78, 5) is 12.0. The molecule has 0 spiro atoms. The molecule has 19 heavy (non-hydrogen) atoms. The molecule has 1 aliphatic rings. The van der Waals surface area contributed by atoms with Crippen LogP contribution in [-0.4, -0.2) is 5.91 Å². The Hall–Kier alpha value is -1.87. The van der Waals surface area contributed by atoms with Crippen molar-refractivity contribution in [3.63, 3.8) is 0 Å². The fraction of sp³-hybridized carbons (Fsp3) is 0.0625. The minimum Gasteiger partial charge on any atom is -0.321 e. The van der Waals surface area contributed by atoms with E-state index in [0.29, 0.717) is 5.57 Å². The largest absolute Gasteiger partial charge is 0.321 e. The van der Waals surface area contributed by atoms with Gasteiger partial charge >= 0.3 is 0 Å². The van der Waals surface area contributed by atoms with E-state index in [1.807, 2.05) is 49.4 Å². The molecular weight excluding hydrogens is 302 g/mol. The quantitative estimate of drug-likeness (QED) is 0.783. The van der Waals surface area contributed by atoms with Crippen molar-refractivity contribution >= 4 is 39.2 Å². The van der Waals surface area contributed by atoms with Crippen molar-refractivity contribution in [2.45, 2.75) is 6.92 Å². The highest BCUT2D eigenvalue weighted by atomic mass is 79.9. The van der Waals surface area contributed by atoms with Gasteiger partial charge in [-0.05, 0) is 36.8 Å². The van der Waals surface area contributed by atoms with Crippen LogP contribution in [0.25, 0.3) is 11.6 Å². The molecule has 1 aliphatic heterocycles. The molecule has 3 rings (SSSR count). The van der Waals surface area contributed by atoms with E-state index in [0.717, 1.165) is 21.3 Å². The van der Waals surface area contributed by atoms with Gasteiger partial charge in [-0.1, -0.05) is 45.8 Å². The molecule has 0 aliphatic carbocycles. The summed E-state index contributed by atoms with van der Waals surface area (Å²) in [5.41, 5.74) is 4.75. The van der Waals surface area contributed by atoms with Crippen LogP contribution in [0.1, 0.15) is 16.7 Å². The Morgan fingerprint density at radius 2 is 2.00 bits per heavy atom. The molecule has 1 amide bonds. The van der Waals surface area contributed by atoms with Gasteiger partial charge in [0.15, 0.2) is 0 Å². The molecule has 3 heteroatoms. The Morgan fingerprint density at radius 1 is 1.16 bits per heavy atom. The number of hydrogen-bond donors (Lipinski definition) is 1. The van der Waals surface area contributed by atoms with Gasteiger partial charge in [0.1, 0.15) is 0 Å². The van der Waals surface area contributed by atoms with Crippen LogP contribution in [0.3, 0.4) is 0 Å². The maximum Gasteiger partial charge on any atom is 0.256 e. The number of fused-ring (bicyclic) bond motifs is 1. The number of benzene rings is 2. The highest BCUT2D eigenvalue weighted by molar-refractivity contribution is 9.10. The number of rotatable bonds is 1. The van der Waals surface area contributed by atoms with Crippen LogP contribution in [0, 0.1) is 6.92 Å². The molecule has 2 aromatic rings. The molecule has 94 valence electrons. The SMILES string of the molecule is Cc1cccc(/C=C2\C(=O)Nc3ccc(Br)cc32)c1. The fourth-order valence-electron chi connectivity index (χ4n) is 2.23. The summed E-state index contributed by atoms with van der Waals surface area (Å²) in [6.45, 7) is 2.04. The Labute approximate surface area is 120 Å². The van der Waals surface area contributed by atoms with E-state index in [1.54, 1.807) is 0 Å². The van der Waals surface area contributed by atoms with E-state index in [4.69, 9.17) is 0 Å². The van der Waals surface area contributed by atoms with Crippen LogP contribution in [0.2, 0.25) is 0 Å². The van der Waals surface area contributed by atoms with Gasteiger partial charge in [-0.3, -0.25) is 4.79 Å². The molecule has 2 aromatic carbocycles. The zero-order valence-electron chi connectivity index (χ0n) is 10.4. The third-order valence-electron chi connectivity index (χ3n) is 3.12. The Balaban J connectivity index is 2.11. The summed E-state index contributed by atoms with van der Waals surface area (Å²) in [7, 11) is 0. The van der Waals surface area contributed by atoms with Crippen LogP contribution < -0.4 is 5.32 Å². The third-order valence-corrected chi connectivity index (χ3v) is 3.61. The number of hydrogen-bond acceptors (Lipinski definition) is 1. The lowest BCUT2D eigenvalue weighted by Crippen LogP contribution is -2.03. The molecule has 1 heterocycles. The first-order valence-electron chi connectivity index (χ1n) is 6.03. The lowest BCUT2D eigenvalue weighted by Gasteiger charge is -2.00. The van der Waals surface area contributed by atoms with Gasteiger partial charge in [-0.25, -0.2) is 0 Å². The Kier molecular flexibility index (Phi) is 2.99. The smallest absolute Gasteiger partial charge is 0.256 e. The van der Waals surface area contributed by atoms with Gasteiger partial charge in [0.05, 0.1) is 0 Å². The van der Waals surface area contributed by atoms with Crippen LogP contribution >= 0.6 is 15.9 Å². The average Bonchev–Trinajstić information content (AvgIpc) is 2.66. The van der Waals surface area contributed by atoms with Crippen molar-refractivity contribution in [2.75, 3.05) is 5.32 Å². The van der Waals surface area contributed by atoms with E-state index >= 15 is 0 Å². The number of carbonyl (C=O) groups excluding carboxylic acids is 1. The summed E-state index contributed by atoms with van der Waals surface area (Å²) in [5.74, 6) is -0.0467. The molecule has 0 saturated heterocycles. The predicted octanol–water partition coefficient (Wildman–Crippen LogP) is 4.25. The van der Waals surface area contributed by atoms with Crippen LogP contribution in [-0.2, 0) is 4.79 Å². The number of carbonyl (C=O) groups is 1. The summed E-state index contributed by atoms with van der Waals surface area (Å²) in [6.07, 6.45) is 1.93. The highest BCUT2D eigenvalue weighted by Gasteiger charge is 2.23. The lowest BCUT2D eigenvalue weighted by atomic mass is 10.0. The molecule has 0 unspecified atom stereocenters. The normalized spacial score (nSPS) is 15.5. The van der Waals surface area contributed by atoms with Crippen molar-refractivity contribution in [1.29, 1.82) is 0 Å². The zero-order chi connectivity index (χ0) is 13.4. The Bertz CT molecular complexity index is 704. The van der Waals surface area contributed by atoms with Crippen molar-refractivity contribution in [3.8, 4) is 0 Å². The van der Waals surface area contributed by atoms with Gasteiger partial charge in [-0.15, -0.1) is 0 Å². The van der Waals surface area contributed by atoms with Crippen LogP contribution in [0.15, 0.2) is 46.9 Å². The summed E-state index contributed by atoms with van der Waals surface area (Å²) >= 11 is 3.44. The molecule has 0 radical (unpaired) electrons. The zero-order valence-corrected chi connectivity index (χ0v) is 12.0. The van der Waals surface area contributed by atoms with Crippen molar-refractivity contribution in [1.82, 2.24) is 0 Å². The maximum atomic E-state index is 12.0. The van der Waals surface area contributed by atoms with E-state index < -0.39 is 0 Å². The van der Waals surface area contributed by atoms with Crippen molar-refractivity contribution in [2.24, 2.45) is 0 Å². The standard InChI is InChI=1S/C16H12BrNO/c1-10-3-2-4-11(7-10)8-14-13-9-12(17)5-6-15(13)18-16(14)19/h2-9H,1H3,(H,18,19)/b14-8-. The van der Waals surface area contributed by atoms with Gasteiger partial charge < -0.3 is 5.32 Å². The number of anilines is 1. The monoisotopic (exact) mass is 313 g/mol. The lowest BCUT2D eigenvalue weighted by molar-refractivity contribution is -0.110. The van der Waals surface area contributed by atoms with Crippen LogP contribution in [0.4, 0.5) is 5.69 Å². The predicted molar refractivity (Wildman–Crippen MR) is 81.8 cm³/mol. The average molecular weight is 314 g/mol. The Morgan fingerprint density at radius 3 is 2.79 bits per heavy atom. The molecule has 0 fully saturated rings. The van der Waals surface area contributed by atoms with Gasteiger partial charge in [-0.2, -0.15) is 0 Å². The highest BCUT2D eigenvalue weighted by Crippen LogP contribution is 2.34. The van der Waals surface area contributed by atoms with Crippen LogP contribution in [0.5, 0.6) is 0 Å². The second-order valence-corrected chi connectivity index (χ2v) is 5.53. The van der Waals surface area contributed by atoms with Gasteiger partial charge in [0.25, 0.3) is 5.91 Å². The topological polar surface area (TPSA) is 29.1 Å². The minimum atomic E-state index is -0.0467. The van der Waals surface area contributed by atoms with Gasteiger partial charge in [0, 0.05) is 21.3 Å². The van der Waals surface area contributed by atoms with Crippen molar-refractivity contribution in [3.05, 3.63) is 63.6 Å². The molecule has 1 N–H and O–H groups in total. The first-order chi connectivity index (χ1) is 9.13.